The number of nitrogens with zero attached hydrogens (tertiary/aromatic N) is 1. The molecule has 1 saturated heterocycles. The molecule has 0 amide bonds. The minimum Gasteiger partial charge on any atom is -0.494 e. The number of epoxide rings is 1. The van der Waals surface area contributed by atoms with E-state index in [0.29, 0.717) is 6.54 Å². The van der Waals surface area contributed by atoms with Crippen molar-refractivity contribution in [2.45, 2.75) is 32.4 Å². The molecular formula is C10H15NO3. The summed E-state index contributed by atoms with van der Waals surface area (Å²) >= 11 is 0. The highest BCUT2D eigenvalue weighted by atomic mass is 16.6. The van der Waals surface area contributed by atoms with Gasteiger partial charge in [0.2, 0.25) is 0 Å². The molecule has 1 aromatic heterocycles. The van der Waals surface area contributed by atoms with E-state index in [4.69, 9.17) is 4.74 Å². The van der Waals surface area contributed by atoms with Crippen LogP contribution in [-0.4, -0.2) is 27.5 Å². The van der Waals surface area contributed by atoms with Gasteiger partial charge in [-0.05, 0) is 6.42 Å². The fraction of sp³-hybridized carbons (Fsp3) is 0.600. The molecule has 14 heavy (non-hydrogen) atoms. The van der Waals surface area contributed by atoms with Crippen LogP contribution >= 0.6 is 0 Å². The lowest BCUT2D eigenvalue weighted by Gasteiger charge is -2.04. The maximum Gasteiger partial charge on any atom is 0.197 e. The van der Waals surface area contributed by atoms with E-state index < -0.39 is 0 Å². The average Bonchev–Trinajstić information content (AvgIpc) is 2.91. The predicted octanol–water partition coefficient (Wildman–Crippen LogP) is 1.25. The molecule has 0 aromatic carbocycles. The summed E-state index contributed by atoms with van der Waals surface area (Å²) in [5.41, 5.74) is 0.811. The number of aromatic hydroxyl groups is 2. The monoisotopic (exact) mass is 197 g/mol. The Morgan fingerprint density at radius 3 is 2.86 bits per heavy atom. The van der Waals surface area contributed by atoms with Crippen LogP contribution in [0.3, 0.4) is 0 Å². The molecule has 0 bridgehead atoms. The van der Waals surface area contributed by atoms with E-state index in [1.807, 2.05) is 6.92 Å². The zero-order valence-corrected chi connectivity index (χ0v) is 8.23. The Morgan fingerprint density at radius 1 is 1.57 bits per heavy atom. The van der Waals surface area contributed by atoms with Gasteiger partial charge in [-0.3, -0.25) is 4.57 Å². The third-order valence-electron chi connectivity index (χ3n) is 2.43. The third-order valence-corrected chi connectivity index (χ3v) is 2.43. The minimum absolute atomic E-state index is 0.126. The third kappa shape index (κ3) is 1.70. The molecule has 2 rings (SSSR count). The number of hydrogen-bond donors (Lipinski definition) is 2. The van der Waals surface area contributed by atoms with Gasteiger partial charge < -0.3 is 14.9 Å². The smallest absolute Gasteiger partial charge is 0.197 e. The first-order chi connectivity index (χ1) is 6.72. The topological polar surface area (TPSA) is 57.9 Å². The largest absolute Gasteiger partial charge is 0.494 e. The van der Waals surface area contributed by atoms with Crippen LogP contribution in [0.25, 0.3) is 0 Å². The summed E-state index contributed by atoms with van der Waals surface area (Å²) in [7, 11) is 0. The van der Waals surface area contributed by atoms with E-state index in [0.717, 1.165) is 25.0 Å². The van der Waals surface area contributed by atoms with Gasteiger partial charge in [0, 0.05) is 11.6 Å². The molecule has 0 spiro atoms. The molecule has 0 saturated carbocycles. The van der Waals surface area contributed by atoms with Crippen LogP contribution in [-0.2, 0) is 17.7 Å². The van der Waals surface area contributed by atoms with Crippen LogP contribution < -0.4 is 0 Å². The Hall–Kier alpha value is -1.16. The molecule has 4 nitrogen and oxygen atoms in total. The van der Waals surface area contributed by atoms with Crippen LogP contribution in [0.2, 0.25) is 0 Å². The van der Waals surface area contributed by atoms with Crippen LogP contribution in [0.5, 0.6) is 11.8 Å². The van der Waals surface area contributed by atoms with Crippen molar-refractivity contribution >= 4 is 0 Å². The van der Waals surface area contributed by atoms with Crippen LogP contribution in [0.4, 0.5) is 0 Å². The van der Waals surface area contributed by atoms with Crippen LogP contribution in [0, 0.1) is 0 Å². The maximum atomic E-state index is 9.76. The van der Waals surface area contributed by atoms with E-state index in [9.17, 15) is 10.2 Å². The molecular weight excluding hydrogens is 182 g/mol. The van der Waals surface area contributed by atoms with Crippen molar-refractivity contribution in [3.8, 4) is 11.8 Å². The zero-order valence-electron chi connectivity index (χ0n) is 8.23. The average molecular weight is 197 g/mol. The highest BCUT2D eigenvalue weighted by Crippen LogP contribution is 2.30. The molecule has 1 aliphatic heterocycles. The van der Waals surface area contributed by atoms with Crippen molar-refractivity contribution in [1.82, 2.24) is 4.57 Å². The molecule has 1 unspecified atom stereocenters. The molecule has 78 valence electrons. The number of hydrogen-bond acceptors (Lipinski definition) is 3. The standard InChI is InChI=1S/C10H15NO3/c1-2-3-7-4-9(12)11(10(7)13)5-8-6-14-8/h4,8,12-13H,2-3,5-6H2,1H3. The van der Waals surface area contributed by atoms with Crippen molar-refractivity contribution in [2.24, 2.45) is 0 Å². The summed E-state index contributed by atoms with van der Waals surface area (Å²) in [4.78, 5) is 0. The quantitative estimate of drug-likeness (QED) is 0.714. The molecule has 0 radical (unpaired) electrons. The Kier molecular flexibility index (Phi) is 2.37. The Morgan fingerprint density at radius 2 is 2.29 bits per heavy atom. The summed E-state index contributed by atoms with van der Waals surface area (Å²) in [5.74, 6) is 0.307. The van der Waals surface area contributed by atoms with Gasteiger partial charge in [0.1, 0.15) is 0 Å². The molecule has 1 atom stereocenters. The molecule has 1 aromatic rings. The number of aromatic nitrogens is 1. The van der Waals surface area contributed by atoms with Gasteiger partial charge in [-0.2, -0.15) is 0 Å². The number of rotatable bonds is 4. The first-order valence-electron chi connectivity index (χ1n) is 4.94. The van der Waals surface area contributed by atoms with Gasteiger partial charge in [0.15, 0.2) is 11.8 Å². The van der Waals surface area contributed by atoms with Crippen LogP contribution in [0.15, 0.2) is 6.07 Å². The summed E-state index contributed by atoms with van der Waals surface area (Å²) < 4.78 is 6.55. The van der Waals surface area contributed by atoms with Gasteiger partial charge in [-0.25, -0.2) is 0 Å². The van der Waals surface area contributed by atoms with Gasteiger partial charge in [-0.15, -0.1) is 0 Å². The predicted molar refractivity (Wildman–Crippen MR) is 51.5 cm³/mol. The lowest BCUT2D eigenvalue weighted by molar-refractivity contribution is 0.328. The van der Waals surface area contributed by atoms with Crippen molar-refractivity contribution in [1.29, 1.82) is 0 Å². The van der Waals surface area contributed by atoms with Crippen molar-refractivity contribution in [2.75, 3.05) is 6.61 Å². The lowest BCUT2D eigenvalue weighted by Crippen LogP contribution is -2.02. The lowest BCUT2D eigenvalue weighted by atomic mass is 10.2. The van der Waals surface area contributed by atoms with Gasteiger partial charge in [0.25, 0.3) is 0 Å². The fourth-order valence-corrected chi connectivity index (χ4v) is 1.59. The summed E-state index contributed by atoms with van der Waals surface area (Å²) in [6.07, 6.45) is 1.91. The number of ether oxygens (including phenoxy) is 1. The van der Waals surface area contributed by atoms with Gasteiger partial charge in [-0.1, -0.05) is 13.3 Å². The van der Waals surface area contributed by atoms with Gasteiger partial charge in [0.05, 0.1) is 19.3 Å². The molecule has 1 aliphatic rings. The molecule has 1 fully saturated rings. The first-order valence-corrected chi connectivity index (χ1v) is 4.94. The van der Waals surface area contributed by atoms with E-state index in [2.05, 4.69) is 0 Å². The second-order valence-corrected chi connectivity index (χ2v) is 3.67. The van der Waals surface area contributed by atoms with Crippen molar-refractivity contribution < 1.29 is 14.9 Å². The fourth-order valence-electron chi connectivity index (χ4n) is 1.59. The second-order valence-electron chi connectivity index (χ2n) is 3.67. The van der Waals surface area contributed by atoms with E-state index in [-0.39, 0.29) is 17.9 Å². The molecule has 0 aliphatic carbocycles. The zero-order chi connectivity index (χ0) is 10.1. The molecule has 2 heterocycles. The summed E-state index contributed by atoms with van der Waals surface area (Å²) in [6, 6.07) is 1.63. The SMILES string of the molecule is CCCc1cc(O)n(CC2CO2)c1O. The normalized spacial score (nSPS) is 19.9. The minimum atomic E-state index is 0.126. The van der Waals surface area contributed by atoms with Crippen molar-refractivity contribution in [3.05, 3.63) is 11.6 Å². The molecule has 4 heteroatoms. The Bertz CT molecular complexity index is 328. The van der Waals surface area contributed by atoms with E-state index in [1.165, 1.54) is 4.57 Å². The van der Waals surface area contributed by atoms with Crippen LogP contribution in [0.1, 0.15) is 18.9 Å². The summed E-state index contributed by atoms with van der Waals surface area (Å²) in [6.45, 7) is 3.30. The molecule has 2 N–H and O–H groups in total. The highest BCUT2D eigenvalue weighted by molar-refractivity contribution is 5.35. The van der Waals surface area contributed by atoms with Crippen molar-refractivity contribution in [3.63, 3.8) is 0 Å². The van der Waals surface area contributed by atoms with Gasteiger partial charge >= 0.3 is 0 Å². The summed E-state index contributed by atoms with van der Waals surface area (Å²) in [5, 5.41) is 19.3. The highest BCUT2D eigenvalue weighted by Gasteiger charge is 2.26. The second kappa shape index (κ2) is 3.53. The van der Waals surface area contributed by atoms with E-state index >= 15 is 0 Å². The first kappa shape index (κ1) is 9.40. The maximum absolute atomic E-state index is 9.76. The number of aryl methyl sites for hydroxylation is 1. The Labute approximate surface area is 82.7 Å². The Balaban J connectivity index is 2.19. The van der Waals surface area contributed by atoms with E-state index in [1.54, 1.807) is 6.07 Å².